The van der Waals surface area contributed by atoms with Crippen LogP contribution < -0.4 is 10.1 Å². The van der Waals surface area contributed by atoms with E-state index >= 15 is 0 Å². The van der Waals surface area contributed by atoms with Gasteiger partial charge in [0.15, 0.2) is 0 Å². The van der Waals surface area contributed by atoms with Gasteiger partial charge in [0.1, 0.15) is 11.9 Å². The molecule has 216 valence electrons. The number of carbonyl (C=O) groups excluding carboxylic acids is 2. The van der Waals surface area contributed by atoms with E-state index in [1.807, 2.05) is 23.1 Å². The highest BCUT2D eigenvalue weighted by atomic mass is 16.5. The summed E-state index contributed by atoms with van der Waals surface area (Å²) in [7, 11) is 1.56. The zero-order valence-corrected chi connectivity index (χ0v) is 23.2. The first kappa shape index (κ1) is 28.4. The first-order valence-corrected chi connectivity index (χ1v) is 14.4. The maximum atomic E-state index is 13.4. The van der Waals surface area contributed by atoms with Crippen molar-refractivity contribution >= 4 is 17.6 Å². The standard InChI is InChI=1S/C31H41N3O6/c1-38-28-10-6-5-9-26(28)32-31(37)34-19-24(35)20-39-21-29-27(34)12-11-25(40-29)18-30(36)33-15-13-23(14-16-33)17-22-7-3-2-4-8-22/h2-10,23-25,27,29,35H,11-21H2,1H3,(H,32,37)/t24-,25+,27-,29+/m0/s1. The molecule has 0 aliphatic carbocycles. The molecule has 0 saturated carbocycles. The predicted molar refractivity (Wildman–Crippen MR) is 151 cm³/mol. The van der Waals surface area contributed by atoms with Crippen LogP contribution in [0.3, 0.4) is 0 Å². The number of aliphatic hydroxyl groups is 1. The van der Waals surface area contributed by atoms with E-state index in [9.17, 15) is 14.7 Å². The van der Waals surface area contributed by atoms with Crippen LogP contribution in [0.1, 0.15) is 37.7 Å². The van der Waals surface area contributed by atoms with Crippen LogP contribution in [0.15, 0.2) is 54.6 Å². The molecule has 3 aliphatic heterocycles. The van der Waals surface area contributed by atoms with Crippen molar-refractivity contribution in [1.29, 1.82) is 0 Å². The lowest BCUT2D eigenvalue weighted by Crippen LogP contribution is -2.58. The first-order valence-electron chi connectivity index (χ1n) is 14.4. The summed E-state index contributed by atoms with van der Waals surface area (Å²) in [5.74, 6) is 1.30. The number of para-hydroxylation sites is 2. The Balaban J connectivity index is 1.16. The molecule has 2 aromatic rings. The number of rotatable bonds is 6. The van der Waals surface area contributed by atoms with Gasteiger partial charge in [-0.2, -0.15) is 0 Å². The van der Waals surface area contributed by atoms with E-state index < -0.39 is 6.10 Å². The molecular weight excluding hydrogens is 510 g/mol. The molecule has 3 fully saturated rings. The number of methoxy groups -OCH3 is 1. The number of β-amino-alcohol motifs (C(OH)–C–C–N with tert-alkyl or cyclic N) is 1. The molecule has 3 aliphatic rings. The first-order chi connectivity index (χ1) is 19.5. The number of amides is 3. The van der Waals surface area contributed by atoms with Crippen LogP contribution in [0.2, 0.25) is 0 Å². The minimum atomic E-state index is -0.798. The fourth-order valence-electron chi connectivity index (χ4n) is 6.17. The Kier molecular flexibility index (Phi) is 9.57. The second-order valence-corrected chi connectivity index (χ2v) is 11.1. The number of hydrogen-bond donors (Lipinski definition) is 2. The maximum absolute atomic E-state index is 13.4. The molecule has 9 nitrogen and oxygen atoms in total. The van der Waals surface area contributed by atoms with Gasteiger partial charge >= 0.3 is 6.03 Å². The van der Waals surface area contributed by atoms with Crippen LogP contribution >= 0.6 is 0 Å². The Morgan fingerprint density at radius 2 is 1.75 bits per heavy atom. The summed E-state index contributed by atoms with van der Waals surface area (Å²) < 4.78 is 17.5. The predicted octanol–water partition coefficient (Wildman–Crippen LogP) is 3.71. The third-order valence-electron chi connectivity index (χ3n) is 8.33. The molecule has 9 heteroatoms. The molecule has 0 bridgehead atoms. The van der Waals surface area contributed by atoms with E-state index in [4.69, 9.17) is 14.2 Å². The van der Waals surface area contributed by atoms with Crippen molar-refractivity contribution in [3.05, 3.63) is 60.2 Å². The van der Waals surface area contributed by atoms with Crippen molar-refractivity contribution in [2.75, 3.05) is 45.3 Å². The fraction of sp³-hybridized carbons (Fsp3) is 0.548. The summed E-state index contributed by atoms with van der Waals surface area (Å²) in [5.41, 5.74) is 1.92. The summed E-state index contributed by atoms with van der Waals surface area (Å²) in [5, 5.41) is 13.4. The molecule has 3 heterocycles. The van der Waals surface area contributed by atoms with Crippen LogP contribution in [0.25, 0.3) is 0 Å². The third kappa shape index (κ3) is 7.13. The SMILES string of the molecule is COc1ccccc1NC(=O)N1C[C@H](O)COC[C@H]2O[C@@H](CC(=O)N3CCC(Cc4ccccc4)CC3)CC[C@@H]21. The number of piperidine rings is 1. The number of hydrogen-bond acceptors (Lipinski definition) is 6. The Bertz CT molecular complexity index is 1120. The molecule has 0 spiro atoms. The van der Waals surface area contributed by atoms with Crippen LogP contribution in [0.4, 0.5) is 10.5 Å². The second kappa shape index (κ2) is 13.5. The number of likely N-dealkylation sites (tertiary alicyclic amines) is 1. The Labute approximate surface area is 236 Å². The highest BCUT2D eigenvalue weighted by Crippen LogP contribution is 2.30. The van der Waals surface area contributed by atoms with Gasteiger partial charge in [-0.1, -0.05) is 42.5 Å². The molecule has 40 heavy (non-hydrogen) atoms. The van der Waals surface area contributed by atoms with Gasteiger partial charge in [-0.05, 0) is 55.7 Å². The number of nitrogens with one attached hydrogen (secondary N) is 1. The summed E-state index contributed by atoms with van der Waals surface area (Å²) in [4.78, 5) is 30.2. The lowest BCUT2D eigenvalue weighted by Gasteiger charge is -2.44. The summed E-state index contributed by atoms with van der Waals surface area (Å²) in [6.07, 6.45) is 3.36. The molecule has 3 saturated heterocycles. The van der Waals surface area contributed by atoms with Gasteiger partial charge in [-0.15, -0.1) is 0 Å². The topological polar surface area (TPSA) is 101 Å². The van der Waals surface area contributed by atoms with E-state index in [-0.39, 0.29) is 49.9 Å². The Hall–Kier alpha value is -3.14. The summed E-state index contributed by atoms with van der Waals surface area (Å²) >= 11 is 0. The molecule has 3 amide bonds. The molecule has 0 radical (unpaired) electrons. The molecule has 4 atom stereocenters. The molecule has 0 aromatic heterocycles. The van der Waals surface area contributed by atoms with Gasteiger partial charge in [-0.25, -0.2) is 4.79 Å². The quantitative estimate of drug-likeness (QED) is 0.568. The average molecular weight is 552 g/mol. The third-order valence-corrected chi connectivity index (χ3v) is 8.33. The number of fused-ring (bicyclic) bond motifs is 1. The number of nitrogens with zero attached hydrogens (tertiary/aromatic N) is 2. The normalized spacial score (nSPS) is 25.9. The van der Waals surface area contributed by atoms with Crippen LogP contribution in [-0.2, 0) is 20.7 Å². The van der Waals surface area contributed by atoms with Crippen LogP contribution in [0, 0.1) is 5.92 Å². The number of carbonyl (C=O) groups is 2. The van der Waals surface area contributed by atoms with E-state index in [0.717, 1.165) is 32.4 Å². The number of aliphatic hydroxyl groups excluding tert-OH is 1. The number of anilines is 1. The minimum absolute atomic E-state index is 0.118. The maximum Gasteiger partial charge on any atom is 0.322 e. The van der Waals surface area contributed by atoms with Crippen molar-refractivity contribution in [1.82, 2.24) is 9.80 Å². The van der Waals surface area contributed by atoms with Gasteiger partial charge < -0.3 is 34.4 Å². The van der Waals surface area contributed by atoms with Gasteiger partial charge in [0.25, 0.3) is 0 Å². The highest BCUT2D eigenvalue weighted by Gasteiger charge is 2.40. The minimum Gasteiger partial charge on any atom is -0.495 e. The molecule has 2 N–H and O–H groups in total. The van der Waals surface area contributed by atoms with E-state index in [1.54, 1.807) is 24.1 Å². The summed E-state index contributed by atoms with van der Waals surface area (Å²) in [6, 6.07) is 17.2. The zero-order valence-electron chi connectivity index (χ0n) is 23.2. The largest absolute Gasteiger partial charge is 0.495 e. The monoisotopic (exact) mass is 551 g/mol. The van der Waals surface area contributed by atoms with Crippen molar-refractivity contribution in [2.45, 2.75) is 62.9 Å². The second-order valence-electron chi connectivity index (χ2n) is 11.1. The number of benzene rings is 2. The van der Waals surface area contributed by atoms with Crippen molar-refractivity contribution in [3.8, 4) is 5.75 Å². The van der Waals surface area contributed by atoms with E-state index in [1.165, 1.54) is 5.56 Å². The smallest absolute Gasteiger partial charge is 0.322 e. The lowest BCUT2D eigenvalue weighted by atomic mass is 9.90. The van der Waals surface area contributed by atoms with Crippen molar-refractivity contribution in [3.63, 3.8) is 0 Å². The van der Waals surface area contributed by atoms with E-state index in [2.05, 4.69) is 29.6 Å². The average Bonchev–Trinajstić information content (AvgIpc) is 2.96. The molecular formula is C31H41N3O6. The molecule has 5 rings (SSSR count). The van der Waals surface area contributed by atoms with Gasteiger partial charge in [-0.3, -0.25) is 4.79 Å². The fourth-order valence-corrected chi connectivity index (χ4v) is 6.17. The number of urea groups is 1. The van der Waals surface area contributed by atoms with Gasteiger partial charge in [0, 0.05) is 13.1 Å². The van der Waals surface area contributed by atoms with Crippen LogP contribution in [0.5, 0.6) is 5.75 Å². The van der Waals surface area contributed by atoms with Crippen molar-refractivity contribution < 1.29 is 28.9 Å². The lowest BCUT2D eigenvalue weighted by molar-refractivity contribution is -0.154. The number of ether oxygens (including phenoxy) is 3. The van der Waals surface area contributed by atoms with Gasteiger partial charge in [0.05, 0.1) is 57.2 Å². The van der Waals surface area contributed by atoms with Crippen molar-refractivity contribution in [2.24, 2.45) is 5.92 Å². The van der Waals surface area contributed by atoms with Gasteiger partial charge in [0.2, 0.25) is 5.91 Å². The molecule has 0 unspecified atom stereocenters. The zero-order chi connectivity index (χ0) is 27.9. The Morgan fingerprint density at radius 1 is 1.00 bits per heavy atom. The molecule has 2 aromatic carbocycles. The highest BCUT2D eigenvalue weighted by molar-refractivity contribution is 5.91. The van der Waals surface area contributed by atoms with Crippen LogP contribution in [-0.4, -0.2) is 91.2 Å². The summed E-state index contributed by atoms with van der Waals surface area (Å²) in [6.45, 7) is 2.08. The van der Waals surface area contributed by atoms with E-state index in [0.29, 0.717) is 36.6 Å². The Morgan fingerprint density at radius 3 is 2.52 bits per heavy atom.